The number of allylic oxidation sites excluding steroid dienone is 18. The van der Waals surface area contributed by atoms with Gasteiger partial charge in [0.25, 0.3) is 0 Å². The maximum absolute atomic E-state index is 12.8. The monoisotopic (exact) mass is 929 g/mol. The van der Waals surface area contributed by atoms with Gasteiger partial charge in [0.2, 0.25) is 0 Å². The van der Waals surface area contributed by atoms with E-state index in [1.807, 2.05) is 0 Å². The highest BCUT2D eigenvalue weighted by atomic mass is 16.6. The van der Waals surface area contributed by atoms with Gasteiger partial charge in [-0.15, -0.1) is 0 Å². The van der Waals surface area contributed by atoms with Crippen molar-refractivity contribution in [3.05, 3.63) is 109 Å². The van der Waals surface area contributed by atoms with Crippen LogP contribution in [0.5, 0.6) is 0 Å². The Morgan fingerprint density at radius 1 is 0.313 bits per heavy atom. The van der Waals surface area contributed by atoms with Crippen LogP contribution in [-0.2, 0) is 28.6 Å². The maximum Gasteiger partial charge on any atom is 0.306 e. The van der Waals surface area contributed by atoms with Crippen molar-refractivity contribution < 1.29 is 28.6 Å². The molecule has 0 aromatic carbocycles. The van der Waals surface area contributed by atoms with Gasteiger partial charge in [0.05, 0.1) is 0 Å². The minimum atomic E-state index is -0.805. The minimum Gasteiger partial charge on any atom is -0.462 e. The number of hydrogen-bond donors (Lipinski definition) is 0. The molecule has 0 aliphatic carbocycles. The van der Waals surface area contributed by atoms with Gasteiger partial charge in [-0.05, 0) is 103 Å². The summed E-state index contributed by atoms with van der Waals surface area (Å²) in [4.78, 5) is 38.1. The molecule has 0 fully saturated rings. The lowest BCUT2D eigenvalue weighted by atomic mass is 10.0. The van der Waals surface area contributed by atoms with Gasteiger partial charge >= 0.3 is 17.9 Å². The Labute approximate surface area is 412 Å². The quantitative estimate of drug-likeness (QED) is 0.0262. The molecule has 0 heterocycles. The van der Waals surface area contributed by atoms with Gasteiger partial charge in [-0.3, -0.25) is 14.4 Å². The predicted molar refractivity (Wildman–Crippen MR) is 288 cm³/mol. The first-order valence-electron chi connectivity index (χ1n) is 27.4. The van der Waals surface area contributed by atoms with Gasteiger partial charge in [-0.2, -0.15) is 0 Å². The third kappa shape index (κ3) is 52.9. The zero-order chi connectivity index (χ0) is 48.6. The van der Waals surface area contributed by atoms with Crippen LogP contribution >= 0.6 is 0 Å². The van der Waals surface area contributed by atoms with E-state index >= 15 is 0 Å². The first-order valence-corrected chi connectivity index (χ1v) is 27.4. The molecule has 6 heteroatoms. The smallest absolute Gasteiger partial charge is 0.306 e. The predicted octanol–water partition coefficient (Wildman–Crippen LogP) is 18.3. The van der Waals surface area contributed by atoms with Crippen LogP contribution in [0.25, 0.3) is 0 Å². The molecule has 6 nitrogen and oxygen atoms in total. The van der Waals surface area contributed by atoms with Gasteiger partial charge < -0.3 is 14.2 Å². The fraction of sp³-hybridized carbons (Fsp3) is 0.656. The summed E-state index contributed by atoms with van der Waals surface area (Å²) in [5.74, 6) is -0.957. The van der Waals surface area contributed by atoms with E-state index < -0.39 is 6.10 Å². The third-order valence-corrected chi connectivity index (χ3v) is 11.3. The van der Waals surface area contributed by atoms with Crippen LogP contribution in [0.2, 0.25) is 0 Å². The molecule has 0 aliphatic rings. The number of unbranched alkanes of at least 4 members (excludes halogenated alkanes) is 19. The topological polar surface area (TPSA) is 78.9 Å². The van der Waals surface area contributed by atoms with Gasteiger partial charge in [0, 0.05) is 19.3 Å². The van der Waals surface area contributed by atoms with Crippen molar-refractivity contribution in [2.24, 2.45) is 0 Å². The number of carbonyl (C=O) groups excluding carboxylic acids is 3. The molecule has 0 saturated heterocycles. The second-order valence-corrected chi connectivity index (χ2v) is 17.7. The molecule has 0 rings (SSSR count). The summed E-state index contributed by atoms with van der Waals surface area (Å²) in [6.07, 6.45) is 73.6. The SMILES string of the molecule is CC/C=C\C/C=C\C/C=C\C/C=C\C/C=C\CCCCCC(=O)OC[C@H](COC(=O)CCCCCCCCCCCCCCC)OC(=O)CCCCCC/C=C\C/C=C\C/C=C\C/C=C\CC. The van der Waals surface area contributed by atoms with Gasteiger partial charge in [-0.25, -0.2) is 0 Å². The molecule has 0 aromatic heterocycles. The standard InChI is InChI=1S/C61H100O6/c1-4-7-10-13-16-19-22-25-27-29-30-32-33-36-39-42-45-48-51-54-60(63)66-57-58(56-65-59(62)53-50-47-44-41-38-35-24-21-18-15-12-9-6-3)67-61(64)55-52-49-46-43-40-37-34-31-28-26-23-20-17-14-11-8-5-2/h7-8,10-11,16-17,19-20,25-28,30,32,34,36-37,39,58H,4-6,9,12-15,18,21-24,29,31,33,35,38,40-57H2,1-3H3/b10-7-,11-8-,19-16-,20-17-,27-25-,28-26-,32-30-,37-34-,39-36-/t58-/m0/s1. The number of carbonyl (C=O) groups is 3. The zero-order valence-corrected chi connectivity index (χ0v) is 43.4. The Hall–Kier alpha value is -3.93. The molecule has 0 spiro atoms. The lowest BCUT2D eigenvalue weighted by Gasteiger charge is -2.18. The van der Waals surface area contributed by atoms with Crippen molar-refractivity contribution in [3.63, 3.8) is 0 Å². The Kier molecular flexibility index (Phi) is 51.5. The van der Waals surface area contributed by atoms with Crippen molar-refractivity contribution >= 4 is 17.9 Å². The van der Waals surface area contributed by atoms with E-state index in [2.05, 4.69) is 130 Å². The summed E-state index contributed by atoms with van der Waals surface area (Å²) in [6, 6.07) is 0. The number of esters is 3. The van der Waals surface area contributed by atoms with Crippen molar-refractivity contribution in [2.75, 3.05) is 13.2 Å². The Balaban J connectivity index is 4.50. The maximum atomic E-state index is 12.8. The zero-order valence-electron chi connectivity index (χ0n) is 43.4. The van der Waals surface area contributed by atoms with Crippen LogP contribution in [0.1, 0.15) is 239 Å². The lowest BCUT2D eigenvalue weighted by molar-refractivity contribution is -0.167. The first kappa shape index (κ1) is 63.1. The van der Waals surface area contributed by atoms with E-state index in [1.165, 1.54) is 64.2 Å². The molecule has 0 saturated carbocycles. The van der Waals surface area contributed by atoms with Crippen LogP contribution in [0.4, 0.5) is 0 Å². The highest BCUT2D eigenvalue weighted by Crippen LogP contribution is 2.14. The largest absolute Gasteiger partial charge is 0.462 e. The van der Waals surface area contributed by atoms with E-state index in [1.54, 1.807) is 0 Å². The molecule has 0 N–H and O–H groups in total. The number of ether oxygens (including phenoxy) is 3. The summed E-state index contributed by atoms with van der Waals surface area (Å²) in [7, 11) is 0. The summed E-state index contributed by atoms with van der Waals surface area (Å²) < 4.78 is 16.8. The molecule has 0 unspecified atom stereocenters. The molecular formula is C61H100O6. The molecular weight excluding hydrogens is 829 g/mol. The van der Waals surface area contributed by atoms with Crippen LogP contribution < -0.4 is 0 Å². The Morgan fingerprint density at radius 2 is 0.582 bits per heavy atom. The van der Waals surface area contributed by atoms with E-state index in [4.69, 9.17) is 14.2 Å². The van der Waals surface area contributed by atoms with Crippen LogP contribution in [-0.4, -0.2) is 37.2 Å². The van der Waals surface area contributed by atoms with Gasteiger partial charge in [0.15, 0.2) is 6.10 Å². The second-order valence-electron chi connectivity index (χ2n) is 17.7. The van der Waals surface area contributed by atoms with Crippen molar-refractivity contribution in [3.8, 4) is 0 Å². The first-order chi connectivity index (χ1) is 33.0. The molecule has 0 aromatic rings. The fourth-order valence-corrected chi connectivity index (χ4v) is 7.22. The van der Waals surface area contributed by atoms with Gasteiger partial charge in [-0.1, -0.05) is 226 Å². The molecule has 0 aliphatic heterocycles. The Bertz CT molecular complexity index is 1390. The van der Waals surface area contributed by atoms with Crippen molar-refractivity contribution in [1.82, 2.24) is 0 Å². The van der Waals surface area contributed by atoms with Gasteiger partial charge in [0.1, 0.15) is 13.2 Å². The van der Waals surface area contributed by atoms with E-state index in [9.17, 15) is 14.4 Å². The molecule has 0 bridgehead atoms. The number of hydrogen-bond acceptors (Lipinski definition) is 6. The normalized spacial score (nSPS) is 12.9. The van der Waals surface area contributed by atoms with Crippen LogP contribution in [0, 0.1) is 0 Å². The third-order valence-electron chi connectivity index (χ3n) is 11.3. The van der Waals surface area contributed by atoms with Crippen LogP contribution in [0.3, 0.4) is 0 Å². The van der Waals surface area contributed by atoms with Crippen LogP contribution in [0.15, 0.2) is 109 Å². The molecule has 67 heavy (non-hydrogen) atoms. The van der Waals surface area contributed by atoms with E-state index in [-0.39, 0.29) is 31.1 Å². The minimum absolute atomic E-state index is 0.0988. The lowest BCUT2D eigenvalue weighted by Crippen LogP contribution is -2.30. The highest BCUT2D eigenvalue weighted by Gasteiger charge is 2.19. The summed E-state index contributed by atoms with van der Waals surface area (Å²) >= 11 is 0. The molecule has 380 valence electrons. The summed E-state index contributed by atoms with van der Waals surface area (Å²) in [6.45, 7) is 6.36. The van der Waals surface area contributed by atoms with E-state index in [0.717, 1.165) is 135 Å². The molecule has 0 amide bonds. The average Bonchev–Trinajstić information content (AvgIpc) is 3.33. The van der Waals surface area contributed by atoms with Crippen molar-refractivity contribution in [1.29, 1.82) is 0 Å². The Morgan fingerprint density at radius 3 is 0.925 bits per heavy atom. The average molecular weight is 929 g/mol. The fourth-order valence-electron chi connectivity index (χ4n) is 7.22. The summed E-state index contributed by atoms with van der Waals surface area (Å²) in [5.41, 5.74) is 0. The summed E-state index contributed by atoms with van der Waals surface area (Å²) in [5, 5.41) is 0. The van der Waals surface area contributed by atoms with E-state index in [0.29, 0.717) is 19.3 Å². The second kappa shape index (κ2) is 54.7. The highest BCUT2D eigenvalue weighted by molar-refractivity contribution is 5.71. The van der Waals surface area contributed by atoms with Crippen molar-refractivity contribution in [2.45, 2.75) is 245 Å². The number of rotatable bonds is 48. The molecule has 1 atom stereocenters. The molecule has 0 radical (unpaired) electrons.